The van der Waals surface area contributed by atoms with Crippen molar-refractivity contribution in [3.05, 3.63) is 11.1 Å². The maximum absolute atomic E-state index is 4.64. The van der Waals surface area contributed by atoms with Crippen LogP contribution in [-0.4, -0.2) is 24.1 Å². The summed E-state index contributed by atoms with van der Waals surface area (Å²) < 4.78 is 0. The first-order chi connectivity index (χ1) is 8.76. The molecule has 1 fully saturated rings. The Labute approximate surface area is 115 Å². The van der Waals surface area contributed by atoms with Crippen LogP contribution in [0.25, 0.3) is 0 Å². The van der Waals surface area contributed by atoms with Crippen LogP contribution < -0.4 is 10.2 Å². The molecule has 0 spiro atoms. The molecule has 1 aliphatic carbocycles. The Morgan fingerprint density at radius 1 is 1.50 bits per heavy atom. The average molecular weight is 267 g/mol. The molecular formula is C14H25N3S. The summed E-state index contributed by atoms with van der Waals surface area (Å²) in [5.41, 5.74) is 0. The van der Waals surface area contributed by atoms with E-state index in [4.69, 9.17) is 0 Å². The molecule has 4 heteroatoms. The minimum absolute atomic E-state index is 0.425. The van der Waals surface area contributed by atoms with E-state index in [1.807, 2.05) is 11.3 Å². The van der Waals surface area contributed by atoms with Crippen molar-refractivity contribution in [2.45, 2.75) is 58.5 Å². The van der Waals surface area contributed by atoms with Crippen LogP contribution in [0.4, 0.5) is 5.13 Å². The first-order valence-electron chi connectivity index (χ1n) is 7.22. The van der Waals surface area contributed by atoms with E-state index < -0.39 is 0 Å². The molecular weight excluding hydrogens is 242 g/mol. The first kappa shape index (κ1) is 13.8. The Hall–Kier alpha value is -0.610. The smallest absolute Gasteiger partial charge is 0.185 e. The summed E-state index contributed by atoms with van der Waals surface area (Å²) in [6, 6.07) is 1.19. The number of aromatic nitrogens is 1. The van der Waals surface area contributed by atoms with Gasteiger partial charge in [0.25, 0.3) is 0 Å². The fraction of sp³-hybridized carbons (Fsp3) is 0.786. The SMILES string of the molecule is CCCCN(c1ncc(C(C)NCC)s1)C1CC1. The number of unbranched alkanes of at least 4 members (excludes halogenated alkanes) is 1. The largest absolute Gasteiger partial charge is 0.345 e. The predicted octanol–water partition coefficient (Wildman–Crippen LogP) is 3.58. The van der Waals surface area contributed by atoms with Gasteiger partial charge < -0.3 is 10.2 Å². The van der Waals surface area contributed by atoms with Crippen LogP contribution in [0, 0.1) is 0 Å². The molecule has 0 amide bonds. The van der Waals surface area contributed by atoms with E-state index in [0.717, 1.165) is 12.6 Å². The highest BCUT2D eigenvalue weighted by atomic mass is 32.1. The molecule has 0 aromatic carbocycles. The maximum Gasteiger partial charge on any atom is 0.185 e. The third-order valence-corrected chi connectivity index (χ3v) is 4.65. The topological polar surface area (TPSA) is 28.2 Å². The monoisotopic (exact) mass is 267 g/mol. The molecule has 1 saturated carbocycles. The zero-order chi connectivity index (χ0) is 13.0. The van der Waals surface area contributed by atoms with Crippen molar-refractivity contribution >= 4 is 16.5 Å². The molecule has 1 aromatic heterocycles. The van der Waals surface area contributed by atoms with Gasteiger partial charge in [0.15, 0.2) is 5.13 Å². The highest BCUT2D eigenvalue weighted by Gasteiger charge is 2.30. The highest BCUT2D eigenvalue weighted by Crippen LogP contribution is 2.35. The van der Waals surface area contributed by atoms with E-state index >= 15 is 0 Å². The lowest BCUT2D eigenvalue weighted by atomic mass is 10.3. The molecule has 1 N–H and O–H groups in total. The van der Waals surface area contributed by atoms with Crippen LogP contribution in [0.5, 0.6) is 0 Å². The molecule has 1 unspecified atom stereocenters. The average Bonchev–Trinajstić information content (AvgIpc) is 3.07. The Morgan fingerprint density at radius 3 is 2.89 bits per heavy atom. The number of rotatable bonds is 8. The van der Waals surface area contributed by atoms with Crippen molar-refractivity contribution in [2.24, 2.45) is 0 Å². The Bertz CT molecular complexity index is 360. The Morgan fingerprint density at radius 2 is 2.28 bits per heavy atom. The van der Waals surface area contributed by atoms with Crippen molar-refractivity contribution < 1.29 is 0 Å². The standard InChI is InChI=1S/C14H25N3S/c1-4-6-9-17(12-7-8-12)14-16-10-13(18-14)11(3)15-5-2/h10-12,15H,4-9H2,1-3H3. The van der Waals surface area contributed by atoms with Gasteiger partial charge in [-0.25, -0.2) is 4.98 Å². The third-order valence-electron chi connectivity index (χ3n) is 3.43. The normalized spacial score (nSPS) is 16.8. The molecule has 1 aromatic rings. The van der Waals surface area contributed by atoms with Gasteiger partial charge in [-0.05, 0) is 32.7 Å². The minimum atomic E-state index is 0.425. The number of anilines is 1. The molecule has 1 aliphatic rings. The van der Waals surface area contributed by atoms with Crippen molar-refractivity contribution in [1.29, 1.82) is 0 Å². The summed E-state index contributed by atoms with van der Waals surface area (Å²) in [4.78, 5) is 8.52. The zero-order valence-corrected chi connectivity index (χ0v) is 12.6. The summed E-state index contributed by atoms with van der Waals surface area (Å²) in [6.45, 7) is 8.80. The number of nitrogens with zero attached hydrogens (tertiary/aromatic N) is 2. The number of hydrogen-bond acceptors (Lipinski definition) is 4. The molecule has 18 heavy (non-hydrogen) atoms. The highest BCUT2D eigenvalue weighted by molar-refractivity contribution is 7.15. The van der Waals surface area contributed by atoms with E-state index in [2.05, 4.69) is 42.2 Å². The van der Waals surface area contributed by atoms with Crippen LogP contribution in [0.1, 0.15) is 57.4 Å². The summed E-state index contributed by atoms with van der Waals surface area (Å²) in [5.74, 6) is 0. The van der Waals surface area contributed by atoms with Crippen molar-refractivity contribution in [2.75, 3.05) is 18.0 Å². The summed E-state index contributed by atoms with van der Waals surface area (Å²) in [6.07, 6.45) is 7.28. The second kappa shape index (κ2) is 6.53. The van der Waals surface area contributed by atoms with Crippen molar-refractivity contribution in [3.8, 4) is 0 Å². The van der Waals surface area contributed by atoms with Gasteiger partial charge in [0.1, 0.15) is 0 Å². The predicted molar refractivity (Wildman–Crippen MR) is 79.5 cm³/mol. The van der Waals surface area contributed by atoms with Gasteiger partial charge >= 0.3 is 0 Å². The number of thiazole rings is 1. The van der Waals surface area contributed by atoms with Crippen LogP contribution in [0.3, 0.4) is 0 Å². The lowest BCUT2D eigenvalue weighted by Crippen LogP contribution is -2.26. The van der Waals surface area contributed by atoms with Gasteiger partial charge in [0.2, 0.25) is 0 Å². The van der Waals surface area contributed by atoms with Crippen molar-refractivity contribution in [1.82, 2.24) is 10.3 Å². The van der Waals surface area contributed by atoms with Crippen LogP contribution >= 0.6 is 11.3 Å². The lowest BCUT2D eigenvalue weighted by molar-refractivity contribution is 0.606. The van der Waals surface area contributed by atoms with Gasteiger partial charge in [0.05, 0.1) is 0 Å². The zero-order valence-electron chi connectivity index (χ0n) is 11.8. The number of hydrogen-bond donors (Lipinski definition) is 1. The fourth-order valence-electron chi connectivity index (χ4n) is 2.17. The summed E-state index contributed by atoms with van der Waals surface area (Å²) >= 11 is 1.86. The lowest BCUT2D eigenvalue weighted by Gasteiger charge is -2.21. The van der Waals surface area contributed by atoms with Crippen LogP contribution in [0.2, 0.25) is 0 Å². The van der Waals surface area contributed by atoms with Crippen LogP contribution in [0.15, 0.2) is 6.20 Å². The molecule has 0 bridgehead atoms. The molecule has 3 nitrogen and oxygen atoms in total. The number of nitrogens with one attached hydrogen (secondary N) is 1. The molecule has 1 heterocycles. The van der Waals surface area contributed by atoms with Crippen LogP contribution in [-0.2, 0) is 0 Å². The van der Waals surface area contributed by atoms with E-state index in [1.165, 1.54) is 42.2 Å². The Kier molecular flexibility index (Phi) is 5.01. The van der Waals surface area contributed by atoms with Gasteiger partial charge in [0, 0.05) is 29.7 Å². The molecule has 1 atom stereocenters. The fourth-order valence-corrected chi connectivity index (χ4v) is 3.21. The van der Waals surface area contributed by atoms with Gasteiger partial charge in [-0.1, -0.05) is 20.3 Å². The molecule has 0 radical (unpaired) electrons. The van der Waals surface area contributed by atoms with E-state index in [0.29, 0.717) is 6.04 Å². The van der Waals surface area contributed by atoms with Gasteiger partial charge in [-0.3, -0.25) is 0 Å². The van der Waals surface area contributed by atoms with Crippen molar-refractivity contribution in [3.63, 3.8) is 0 Å². The third kappa shape index (κ3) is 3.45. The van der Waals surface area contributed by atoms with Gasteiger partial charge in [-0.15, -0.1) is 11.3 Å². The summed E-state index contributed by atoms with van der Waals surface area (Å²) in [7, 11) is 0. The minimum Gasteiger partial charge on any atom is -0.345 e. The van der Waals surface area contributed by atoms with Gasteiger partial charge in [-0.2, -0.15) is 0 Å². The second-order valence-electron chi connectivity index (χ2n) is 5.10. The van der Waals surface area contributed by atoms with E-state index in [9.17, 15) is 0 Å². The maximum atomic E-state index is 4.64. The van der Waals surface area contributed by atoms with E-state index in [1.54, 1.807) is 0 Å². The first-order valence-corrected chi connectivity index (χ1v) is 8.03. The molecule has 0 aliphatic heterocycles. The summed E-state index contributed by atoms with van der Waals surface area (Å²) in [5, 5.41) is 4.68. The van der Waals surface area contributed by atoms with E-state index in [-0.39, 0.29) is 0 Å². The molecule has 102 valence electrons. The molecule has 2 rings (SSSR count). The molecule has 0 saturated heterocycles. The second-order valence-corrected chi connectivity index (χ2v) is 6.14. The quantitative estimate of drug-likeness (QED) is 0.780. The Balaban J connectivity index is 2.01.